The molecule has 0 spiro atoms. The summed E-state index contributed by atoms with van der Waals surface area (Å²) in [5, 5.41) is 8.86. The zero-order valence-electron chi connectivity index (χ0n) is 10.3. The van der Waals surface area contributed by atoms with Gasteiger partial charge in [0.2, 0.25) is 0 Å². The van der Waals surface area contributed by atoms with E-state index in [-0.39, 0.29) is 6.61 Å². The largest absolute Gasteiger partial charge is 0.497 e. The first-order chi connectivity index (χ1) is 8.81. The Kier molecular flexibility index (Phi) is 4.25. The topological polar surface area (TPSA) is 47.9 Å². The van der Waals surface area contributed by atoms with E-state index in [1.165, 1.54) is 6.26 Å². The third kappa shape index (κ3) is 3.28. The predicted molar refractivity (Wildman–Crippen MR) is 66.7 cm³/mol. The number of aliphatic hydroxyl groups is 1. The summed E-state index contributed by atoms with van der Waals surface area (Å²) >= 11 is 0. The molecule has 1 N–H and O–H groups in total. The van der Waals surface area contributed by atoms with Crippen molar-refractivity contribution in [3.05, 3.63) is 53.7 Å². The SMILES string of the molecule is COc1ccc(COC2=COC(CO)=CC2)cc1. The molecule has 1 aromatic rings. The van der Waals surface area contributed by atoms with Crippen LogP contribution in [0.5, 0.6) is 5.75 Å². The van der Waals surface area contributed by atoms with Crippen molar-refractivity contribution in [1.29, 1.82) is 0 Å². The second kappa shape index (κ2) is 6.12. The quantitative estimate of drug-likeness (QED) is 0.869. The second-order valence-electron chi connectivity index (χ2n) is 3.87. The van der Waals surface area contributed by atoms with E-state index in [0.29, 0.717) is 18.8 Å². The lowest BCUT2D eigenvalue weighted by atomic mass is 10.2. The van der Waals surface area contributed by atoms with Gasteiger partial charge in [0, 0.05) is 6.42 Å². The van der Waals surface area contributed by atoms with Crippen LogP contribution in [0.15, 0.2) is 48.1 Å². The number of benzene rings is 1. The van der Waals surface area contributed by atoms with Gasteiger partial charge in [-0.15, -0.1) is 0 Å². The van der Waals surface area contributed by atoms with Crippen LogP contribution in [0.1, 0.15) is 12.0 Å². The highest BCUT2D eigenvalue weighted by molar-refractivity contribution is 5.26. The molecule has 1 aliphatic heterocycles. The Morgan fingerprint density at radius 3 is 2.61 bits per heavy atom. The summed E-state index contributed by atoms with van der Waals surface area (Å²) in [6.45, 7) is 0.406. The molecule has 4 heteroatoms. The molecule has 1 heterocycles. The molecule has 4 nitrogen and oxygen atoms in total. The summed E-state index contributed by atoms with van der Waals surface area (Å²) in [6.07, 6.45) is 3.99. The van der Waals surface area contributed by atoms with Crippen LogP contribution in [-0.4, -0.2) is 18.8 Å². The third-order valence-electron chi connectivity index (χ3n) is 2.61. The summed E-state index contributed by atoms with van der Waals surface area (Å²) in [4.78, 5) is 0. The first kappa shape index (κ1) is 12.5. The van der Waals surface area contributed by atoms with Crippen LogP contribution in [0.25, 0.3) is 0 Å². The van der Waals surface area contributed by atoms with E-state index in [4.69, 9.17) is 19.3 Å². The highest BCUT2D eigenvalue weighted by Gasteiger charge is 2.07. The molecule has 0 bridgehead atoms. The zero-order chi connectivity index (χ0) is 12.8. The highest BCUT2D eigenvalue weighted by Crippen LogP contribution is 2.18. The van der Waals surface area contributed by atoms with Crippen LogP contribution >= 0.6 is 0 Å². The van der Waals surface area contributed by atoms with Crippen molar-refractivity contribution in [2.75, 3.05) is 13.7 Å². The van der Waals surface area contributed by atoms with Crippen LogP contribution < -0.4 is 4.74 Å². The van der Waals surface area contributed by atoms with Crippen molar-refractivity contribution in [1.82, 2.24) is 0 Å². The number of hydrogen-bond donors (Lipinski definition) is 1. The molecule has 0 saturated heterocycles. The second-order valence-corrected chi connectivity index (χ2v) is 3.87. The molecule has 0 fully saturated rings. The Hall–Kier alpha value is -1.94. The lowest BCUT2D eigenvalue weighted by Crippen LogP contribution is -2.02. The van der Waals surface area contributed by atoms with Gasteiger partial charge in [-0.1, -0.05) is 12.1 Å². The molecular weight excluding hydrogens is 232 g/mol. The minimum atomic E-state index is -0.0811. The van der Waals surface area contributed by atoms with Gasteiger partial charge in [0.25, 0.3) is 0 Å². The van der Waals surface area contributed by atoms with Gasteiger partial charge in [-0.05, 0) is 23.8 Å². The Labute approximate surface area is 106 Å². The molecule has 0 saturated carbocycles. The van der Waals surface area contributed by atoms with Crippen molar-refractivity contribution < 1.29 is 19.3 Å². The Balaban J connectivity index is 1.83. The summed E-state index contributed by atoms with van der Waals surface area (Å²) in [6, 6.07) is 7.71. The van der Waals surface area contributed by atoms with Gasteiger partial charge in [0.1, 0.15) is 36.7 Å². The van der Waals surface area contributed by atoms with E-state index in [2.05, 4.69) is 0 Å². The van der Waals surface area contributed by atoms with Crippen LogP contribution in [0.2, 0.25) is 0 Å². The molecule has 0 unspecified atom stereocenters. The van der Waals surface area contributed by atoms with Crippen LogP contribution in [0.4, 0.5) is 0 Å². The number of methoxy groups -OCH3 is 1. The summed E-state index contributed by atoms with van der Waals surface area (Å²) < 4.78 is 15.9. The maximum Gasteiger partial charge on any atom is 0.135 e. The molecule has 0 amide bonds. The van der Waals surface area contributed by atoms with E-state index in [0.717, 1.165) is 17.1 Å². The Morgan fingerprint density at radius 1 is 1.28 bits per heavy atom. The van der Waals surface area contributed by atoms with Crippen molar-refractivity contribution in [2.24, 2.45) is 0 Å². The van der Waals surface area contributed by atoms with Gasteiger partial charge in [-0.3, -0.25) is 0 Å². The summed E-state index contributed by atoms with van der Waals surface area (Å²) in [7, 11) is 1.64. The van der Waals surface area contributed by atoms with E-state index < -0.39 is 0 Å². The fraction of sp³-hybridized carbons (Fsp3) is 0.286. The van der Waals surface area contributed by atoms with E-state index in [1.54, 1.807) is 7.11 Å². The maximum absolute atomic E-state index is 8.86. The van der Waals surface area contributed by atoms with Crippen molar-refractivity contribution in [2.45, 2.75) is 13.0 Å². The molecule has 18 heavy (non-hydrogen) atoms. The van der Waals surface area contributed by atoms with Gasteiger partial charge in [0.05, 0.1) is 7.11 Å². The van der Waals surface area contributed by atoms with E-state index in [9.17, 15) is 0 Å². The highest BCUT2D eigenvalue weighted by atomic mass is 16.5. The van der Waals surface area contributed by atoms with Gasteiger partial charge >= 0.3 is 0 Å². The van der Waals surface area contributed by atoms with Crippen molar-refractivity contribution >= 4 is 0 Å². The minimum Gasteiger partial charge on any atom is -0.497 e. The fourth-order valence-corrected chi connectivity index (χ4v) is 1.54. The van der Waals surface area contributed by atoms with Gasteiger partial charge < -0.3 is 19.3 Å². The first-order valence-corrected chi connectivity index (χ1v) is 5.73. The number of aliphatic hydroxyl groups excluding tert-OH is 1. The average molecular weight is 248 g/mol. The third-order valence-corrected chi connectivity index (χ3v) is 2.61. The molecule has 0 atom stereocenters. The predicted octanol–water partition coefficient (Wildman–Crippen LogP) is 2.35. The van der Waals surface area contributed by atoms with Gasteiger partial charge in [-0.2, -0.15) is 0 Å². The molecule has 2 rings (SSSR count). The Bertz CT molecular complexity index is 445. The molecule has 0 radical (unpaired) electrons. The molecule has 0 aliphatic carbocycles. The molecule has 1 aromatic carbocycles. The smallest absolute Gasteiger partial charge is 0.135 e. The standard InChI is InChI=1S/C14H16O4/c1-16-12-4-2-11(3-5-12)9-17-14-7-6-13(8-15)18-10-14/h2-6,10,15H,7-9H2,1H3. The van der Waals surface area contributed by atoms with Crippen LogP contribution in [0, 0.1) is 0 Å². The summed E-state index contributed by atoms with van der Waals surface area (Å²) in [5.74, 6) is 2.14. The van der Waals surface area contributed by atoms with Gasteiger partial charge in [-0.25, -0.2) is 0 Å². The molecule has 96 valence electrons. The fourth-order valence-electron chi connectivity index (χ4n) is 1.54. The molecule has 0 aromatic heterocycles. The zero-order valence-corrected chi connectivity index (χ0v) is 10.3. The molecule has 1 aliphatic rings. The van der Waals surface area contributed by atoms with E-state index >= 15 is 0 Å². The number of allylic oxidation sites excluding steroid dienone is 1. The lowest BCUT2D eigenvalue weighted by Gasteiger charge is -2.14. The molecular formula is C14H16O4. The Morgan fingerprint density at radius 2 is 2.06 bits per heavy atom. The maximum atomic E-state index is 8.86. The van der Waals surface area contributed by atoms with Crippen LogP contribution in [-0.2, 0) is 16.1 Å². The number of rotatable bonds is 5. The monoisotopic (exact) mass is 248 g/mol. The van der Waals surface area contributed by atoms with Crippen molar-refractivity contribution in [3.63, 3.8) is 0 Å². The minimum absolute atomic E-state index is 0.0811. The lowest BCUT2D eigenvalue weighted by molar-refractivity contribution is 0.159. The average Bonchev–Trinajstić information content (AvgIpc) is 2.46. The first-order valence-electron chi connectivity index (χ1n) is 5.73. The van der Waals surface area contributed by atoms with Gasteiger partial charge in [0.15, 0.2) is 0 Å². The normalized spacial score (nSPS) is 14.3. The van der Waals surface area contributed by atoms with Crippen molar-refractivity contribution in [3.8, 4) is 5.75 Å². The number of ether oxygens (including phenoxy) is 3. The van der Waals surface area contributed by atoms with Crippen LogP contribution in [0.3, 0.4) is 0 Å². The van der Waals surface area contributed by atoms with E-state index in [1.807, 2.05) is 30.3 Å². The number of hydrogen-bond acceptors (Lipinski definition) is 4. The summed E-state index contributed by atoms with van der Waals surface area (Å²) in [5.41, 5.74) is 1.06.